The summed E-state index contributed by atoms with van der Waals surface area (Å²) in [4.78, 5) is 0. The van der Waals surface area contributed by atoms with E-state index in [1.54, 1.807) is 0 Å². The van der Waals surface area contributed by atoms with Crippen molar-refractivity contribution in [3.63, 3.8) is 0 Å². The average molecular weight is 537 g/mol. The van der Waals surface area contributed by atoms with Crippen LogP contribution in [0.2, 0.25) is 0 Å². The van der Waals surface area contributed by atoms with Crippen LogP contribution >= 0.6 is 0 Å². The van der Waals surface area contributed by atoms with Gasteiger partial charge in [0.05, 0.1) is 33.0 Å². The third-order valence-electron chi connectivity index (χ3n) is 6.93. The molecule has 5 rings (SSSR count). The Balaban J connectivity index is 1.38. The smallest absolute Gasteiger partial charge is 0.117 e. The fraction of sp³-hybridized carbons (Fsp3) is 0.257. The Hall–Kier alpha value is -3.58. The molecule has 0 fully saturated rings. The zero-order chi connectivity index (χ0) is 27.4. The minimum Gasteiger partial charge on any atom is -0.386 e. The standard InChI is InChI=1S/C35H36O5/c36-32-21-31(26-37-22-27-13-5-1-6-14-27)33(38-23-28-15-7-2-8-16-28)35(40-25-30-19-11-4-12-20-30)34(32)39-24-29-17-9-3-10-18-29/h1-21,32-36H,22-26H2/t32-,33+,34+,35-/m0/s1. The summed E-state index contributed by atoms with van der Waals surface area (Å²) < 4.78 is 25.5. The number of aliphatic hydroxyl groups excluding tert-OH is 1. The zero-order valence-corrected chi connectivity index (χ0v) is 22.5. The van der Waals surface area contributed by atoms with Crippen LogP contribution in [0.3, 0.4) is 0 Å². The summed E-state index contributed by atoms with van der Waals surface area (Å²) in [6.45, 7) is 1.89. The molecular weight excluding hydrogens is 500 g/mol. The first-order chi connectivity index (χ1) is 19.8. The summed E-state index contributed by atoms with van der Waals surface area (Å²) in [6, 6.07) is 40.1. The molecule has 5 nitrogen and oxygen atoms in total. The molecule has 0 saturated heterocycles. The van der Waals surface area contributed by atoms with Crippen LogP contribution < -0.4 is 0 Å². The molecule has 0 radical (unpaired) electrons. The average Bonchev–Trinajstić information content (AvgIpc) is 3.01. The van der Waals surface area contributed by atoms with Gasteiger partial charge in [0.25, 0.3) is 0 Å². The van der Waals surface area contributed by atoms with Crippen molar-refractivity contribution in [3.8, 4) is 0 Å². The number of aliphatic hydroxyl groups is 1. The summed E-state index contributed by atoms with van der Waals surface area (Å²) in [5.41, 5.74) is 5.05. The van der Waals surface area contributed by atoms with Gasteiger partial charge in [0, 0.05) is 0 Å². The van der Waals surface area contributed by atoms with Crippen molar-refractivity contribution in [2.75, 3.05) is 6.61 Å². The zero-order valence-electron chi connectivity index (χ0n) is 22.5. The maximum absolute atomic E-state index is 11.3. The van der Waals surface area contributed by atoms with Crippen molar-refractivity contribution >= 4 is 0 Å². The van der Waals surface area contributed by atoms with Gasteiger partial charge >= 0.3 is 0 Å². The molecule has 4 aromatic rings. The number of ether oxygens (including phenoxy) is 4. The van der Waals surface area contributed by atoms with Gasteiger partial charge in [-0.15, -0.1) is 0 Å². The van der Waals surface area contributed by atoms with Crippen molar-refractivity contribution in [2.45, 2.75) is 50.8 Å². The van der Waals surface area contributed by atoms with E-state index >= 15 is 0 Å². The second kappa shape index (κ2) is 14.7. The normalized spacial score (nSPS) is 20.7. The molecule has 0 amide bonds. The van der Waals surface area contributed by atoms with Gasteiger partial charge in [0.1, 0.15) is 24.4 Å². The lowest BCUT2D eigenvalue weighted by atomic mass is 9.89. The van der Waals surface area contributed by atoms with E-state index < -0.39 is 24.4 Å². The molecular formula is C35H36O5. The largest absolute Gasteiger partial charge is 0.386 e. The van der Waals surface area contributed by atoms with Gasteiger partial charge in [0.2, 0.25) is 0 Å². The molecule has 1 N–H and O–H groups in total. The van der Waals surface area contributed by atoms with Gasteiger partial charge in [-0.05, 0) is 33.9 Å². The van der Waals surface area contributed by atoms with Gasteiger partial charge in [-0.25, -0.2) is 0 Å². The summed E-state index contributed by atoms with van der Waals surface area (Å²) >= 11 is 0. The summed E-state index contributed by atoms with van der Waals surface area (Å²) in [5, 5.41) is 11.3. The molecule has 0 heterocycles. The Morgan fingerprint density at radius 1 is 0.450 bits per heavy atom. The molecule has 0 aliphatic heterocycles. The van der Waals surface area contributed by atoms with E-state index in [2.05, 4.69) is 0 Å². The third kappa shape index (κ3) is 7.98. The lowest BCUT2D eigenvalue weighted by molar-refractivity contribution is -0.173. The van der Waals surface area contributed by atoms with Crippen LogP contribution in [-0.4, -0.2) is 36.1 Å². The first-order valence-electron chi connectivity index (χ1n) is 13.7. The lowest BCUT2D eigenvalue weighted by Gasteiger charge is -2.40. The predicted octanol–water partition coefficient (Wildman–Crippen LogP) is 6.26. The number of hydrogen-bond donors (Lipinski definition) is 1. The second-order valence-corrected chi connectivity index (χ2v) is 9.95. The van der Waals surface area contributed by atoms with Crippen molar-refractivity contribution in [1.82, 2.24) is 0 Å². The maximum atomic E-state index is 11.3. The molecule has 0 bridgehead atoms. The predicted molar refractivity (Wildman–Crippen MR) is 155 cm³/mol. The first kappa shape index (κ1) is 28.0. The van der Waals surface area contributed by atoms with Crippen molar-refractivity contribution in [3.05, 3.63) is 155 Å². The molecule has 0 spiro atoms. The second-order valence-electron chi connectivity index (χ2n) is 9.95. The highest BCUT2D eigenvalue weighted by atomic mass is 16.6. The molecule has 206 valence electrons. The van der Waals surface area contributed by atoms with Crippen LogP contribution in [0.15, 0.2) is 133 Å². The van der Waals surface area contributed by atoms with E-state index in [0.717, 1.165) is 27.8 Å². The highest BCUT2D eigenvalue weighted by Gasteiger charge is 2.42. The number of benzene rings is 4. The summed E-state index contributed by atoms with van der Waals surface area (Å²) in [5.74, 6) is 0. The monoisotopic (exact) mass is 536 g/mol. The maximum Gasteiger partial charge on any atom is 0.117 e. The minimum atomic E-state index is -0.878. The fourth-order valence-electron chi connectivity index (χ4n) is 4.85. The topological polar surface area (TPSA) is 57.2 Å². The van der Waals surface area contributed by atoms with Crippen molar-refractivity contribution < 1.29 is 24.1 Å². The van der Waals surface area contributed by atoms with E-state index in [4.69, 9.17) is 18.9 Å². The molecule has 4 atom stereocenters. The van der Waals surface area contributed by atoms with Crippen LogP contribution in [0.1, 0.15) is 22.3 Å². The highest BCUT2D eigenvalue weighted by Crippen LogP contribution is 2.30. The summed E-state index contributed by atoms with van der Waals surface area (Å²) in [7, 11) is 0. The van der Waals surface area contributed by atoms with Crippen molar-refractivity contribution in [1.29, 1.82) is 0 Å². The molecule has 5 heteroatoms. The SMILES string of the molecule is O[C@H]1C=C(COCc2ccccc2)[C@@H](OCc2ccccc2)[C@H](OCc2ccccc2)[C@@H]1OCc1ccccc1. The molecule has 40 heavy (non-hydrogen) atoms. The quantitative estimate of drug-likeness (QED) is 0.204. The van der Waals surface area contributed by atoms with Crippen LogP contribution in [0, 0.1) is 0 Å². The van der Waals surface area contributed by atoms with E-state index in [-0.39, 0.29) is 0 Å². The van der Waals surface area contributed by atoms with Crippen molar-refractivity contribution in [2.24, 2.45) is 0 Å². The van der Waals surface area contributed by atoms with Crippen LogP contribution in [-0.2, 0) is 45.4 Å². The van der Waals surface area contributed by atoms with E-state index in [0.29, 0.717) is 33.0 Å². The third-order valence-corrected chi connectivity index (χ3v) is 6.93. The summed E-state index contributed by atoms with van der Waals surface area (Å²) in [6.07, 6.45) is -0.704. The minimum absolute atomic E-state index is 0.308. The van der Waals surface area contributed by atoms with Gasteiger partial charge < -0.3 is 24.1 Å². The van der Waals surface area contributed by atoms with Gasteiger partial charge in [-0.2, -0.15) is 0 Å². The van der Waals surface area contributed by atoms with Gasteiger partial charge in [0.15, 0.2) is 0 Å². The molecule has 1 aliphatic carbocycles. The lowest BCUT2D eigenvalue weighted by Crippen LogP contribution is -2.52. The molecule has 1 aliphatic rings. The van der Waals surface area contributed by atoms with E-state index in [9.17, 15) is 5.11 Å². The molecule has 0 saturated carbocycles. The highest BCUT2D eigenvalue weighted by molar-refractivity contribution is 5.24. The Morgan fingerprint density at radius 3 is 1.32 bits per heavy atom. The van der Waals surface area contributed by atoms with E-state index in [1.165, 1.54) is 0 Å². The molecule has 4 aromatic carbocycles. The fourth-order valence-corrected chi connectivity index (χ4v) is 4.85. The Bertz CT molecular complexity index is 1290. The van der Waals surface area contributed by atoms with Crippen LogP contribution in [0.25, 0.3) is 0 Å². The first-order valence-corrected chi connectivity index (χ1v) is 13.7. The van der Waals surface area contributed by atoms with Gasteiger partial charge in [-0.1, -0.05) is 121 Å². The molecule has 0 aromatic heterocycles. The van der Waals surface area contributed by atoms with Gasteiger partial charge in [-0.3, -0.25) is 0 Å². The van der Waals surface area contributed by atoms with Crippen LogP contribution in [0.4, 0.5) is 0 Å². The Morgan fingerprint density at radius 2 is 0.850 bits per heavy atom. The molecule has 0 unspecified atom stereocenters. The number of rotatable bonds is 13. The van der Waals surface area contributed by atoms with Crippen LogP contribution in [0.5, 0.6) is 0 Å². The Kier molecular flexibility index (Phi) is 10.3. The Labute approximate surface area is 236 Å². The van der Waals surface area contributed by atoms with E-state index in [1.807, 2.05) is 127 Å². The number of hydrogen-bond acceptors (Lipinski definition) is 5.